The van der Waals surface area contributed by atoms with Crippen molar-refractivity contribution in [1.29, 1.82) is 0 Å². The Morgan fingerprint density at radius 3 is 2.18 bits per heavy atom. The van der Waals surface area contributed by atoms with Gasteiger partial charge in [-0.25, -0.2) is 0 Å². The number of rotatable bonds is 9. The predicted octanol–water partition coefficient (Wildman–Crippen LogP) is 1.58. The van der Waals surface area contributed by atoms with Gasteiger partial charge in [0.05, 0.1) is 16.8 Å². The lowest BCUT2D eigenvalue weighted by molar-refractivity contribution is -0.527. The number of nitrogens with one attached hydrogen (secondary N) is 2. The summed E-state index contributed by atoms with van der Waals surface area (Å²) in [7, 11) is -1.80. The first-order chi connectivity index (χ1) is 16.1. The van der Waals surface area contributed by atoms with Gasteiger partial charge in [0, 0.05) is 17.1 Å². The first-order valence-electron chi connectivity index (χ1n) is 11.0. The van der Waals surface area contributed by atoms with Crippen LogP contribution in [0.2, 0.25) is 0 Å². The topological polar surface area (TPSA) is 168 Å². The Morgan fingerprint density at radius 2 is 1.68 bits per heavy atom. The SMILES string of the molecule is CC(C)CC(NC(=O)[C@@H]1N[C@H](c2ccccc2)[C@@H]([N+](=O)[O-])[C@@H]1c1ccc([N+](=O)[O-])cc1)B(O)O. The number of carbonyl (C=O) groups is 1. The summed E-state index contributed by atoms with van der Waals surface area (Å²) in [6, 6.07) is 10.9. The van der Waals surface area contributed by atoms with Gasteiger partial charge < -0.3 is 15.4 Å². The van der Waals surface area contributed by atoms with Crippen LogP contribution in [0, 0.1) is 26.1 Å². The van der Waals surface area contributed by atoms with E-state index in [2.05, 4.69) is 10.6 Å². The summed E-state index contributed by atoms with van der Waals surface area (Å²) in [5, 5.41) is 48.5. The number of nitrogens with zero attached hydrogens (tertiary/aromatic N) is 2. The van der Waals surface area contributed by atoms with Crippen molar-refractivity contribution in [1.82, 2.24) is 10.6 Å². The van der Waals surface area contributed by atoms with Crippen LogP contribution in [0.15, 0.2) is 54.6 Å². The molecule has 4 N–H and O–H groups in total. The van der Waals surface area contributed by atoms with Crippen LogP contribution in [0.5, 0.6) is 0 Å². The van der Waals surface area contributed by atoms with Gasteiger partial charge in [0.15, 0.2) is 0 Å². The molecule has 1 heterocycles. The molecular weight excluding hydrogens is 443 g/mol. The molecule has 11 nitrogen and oxygen atoms in total. The van der Waals surface area contributed by atoms with Crippen molar-refractivity contribution in [3.8, 4) is 0 Å². The number of benzene rings is 2. The smallest absolute Gasteiger partial charge is 0.426 e. The number of carbonyl (C=O) groups excluding carboxylic acids is 1. The van der Waals surface area contributed by atoms with Crippen LogP contribution in [0.25, 0.3) is 0 Å². The largest absolute Gasteiger partial charge is 0.475 e. The van der Waals surface area contributed by atoms with E-state index in [1.165, 1.54) is 24.3 Å². The number of hydrogen-bond acceptors (Lipinski definition) is 8. The number of nitro groups is 2. The Labute approximate surface area is 196 Å². The Balaban J connectivity index is 2.02. The zero-order chi connectivity index (χ0) is 25.0. The fourth-order valence-electron chi connectivity index (χ4n) is 4.49. The minimum absolute atomic E-state index is 0.0534. The molecule has 1 aliphatic rings. The van der Waals surface area contributed by atoms with Crippen LogP contribution in [0.3, 0.4) is 0 Å². The van der Waals surface area contributed by atoms with Gasteiger partial charge in [0.25, 0.3) is 5.69 Å². The van der Waals surface area contributed by atoms with Gasteiger partial charge in [-0.05, 0) is 23.5 Å². The van der Waals surface area contributed by atoms with E-state index in [0.717, 1.165) is 0 Å². The first kappa shape index (κ1) is 25.3. The molecule has 180 valence electrons. The van der Waals surface area contributed by atoms with Crippen molar-refractivity contribution in [2.75, 3.05) is 0 Å². The first-order valence-corrected chi connectivity index (χ1v) is 11.0. The van der Waals surface area contributed by atoms with E-state index in [1.54, 1.807) is 30.3 Å². The van der Waals surface area contributed by atoms with Crippen molar-refractivity contribution in [3.63, 3.8) is 0 Å². The molecule has 0 spiro atoms. The predicted molar refractivity (Wildman–Crippen MR) is 124 cm³/mol. The maximum atomic E-state index is 13.3. The highest BCUT2D eigenvalue weighted by Gasteiger charge is 2.54. The zero-order valence-electron chi connectivity index (χ0n) is 18.8. The van der Waals surface area contributed by atoms with Gasteiger partial charge in [-0.3, -0.25) is 30.3 Å². The van der Waals surface area contributed by atoms with Crippen molar-refractivity contribution >= 4 is 18.7 Å². The summed E-state index contributed by atoms with van der Waals surface area (Å²) in [4.78, 5) is 35.6. The second-order valence-corrected chi connectivity index (χ2v) is 8.84. The van der Waals surface area contributed by atoms with Crippen LogP contribution >= 0.6 is 0 Å². The second kappa shape index (κ2) is 10.7. The summed E-state index contributed by atoms with van der Waals surface area (Å²) >= 11 is 0. The van der Waals surface area contributed by atoms with E-state index in [-0.39, 0.29) is 11.6 Å². The molecule has 2 aromatic carbocycles. The Bertz CT molecular complexity index is 1020. The third-order valence-electron chi connectivity index (χ3n) is 6.01. The third-order valence-corrected chi connectivity index (χ3v) is 6.01. The summed E-state index contributed by atoms with van der Waals surface area (Å²) < 4.78 is 0. The minimum atomic E-state index is -1.80. The zero-order valence-corrected chi connectivity index (χ0v) is 18.8. The standard InChI is InChI=1S/C22H27BN4O7/c1-13(2)12-17(23(29)30)24-22(28)20-18(14-8-10-16(11-9-14)26(31)32)21(27(33)34)19(25-20)15-6-4-3-5-7-15/h3-11,13,17-21,25,29-30H,12H2,1-2H3,(H,24,28)/t17?,18-,19-,20-,21+/m1/s1. The van der Waals surface area contributed by atoms with Crippen LogP contribution in [-0.2, 0) is 4.79 Å². The molecule has 12 heteroatoms. The molecule has 0 bridgehead atoms. The summed E-state index contributed by atoms with van der Waals surface area (Å²) in [5.41, 5.74) is 0.837. The molecule has 1 saturated heterocycles. The molecule has 3 rings (SSSR count). The Hall–Kier alpha value is -3.35. The van der Waals surface area contributed by atoms with E-state index in [0.29, 0.717) is 17.5 Å². The van der Waals surface area contributed by atoms with Gasteiger partial charge in [-0.1, -0.05) is 56.3 Å². The normalized spacial score (nSPS) is 22.9. The van der Waals surface area contributed by atoms with E-state index in [4.69, 9.17) is 0 Å². The van der Waals surface area contributed by atoms with Crippen molar-refractivity contribution in [2.24, 2.45) is 5.92 Å². The average molecular weight is 470 g/mol. The number of nitro benzene ring substituents is 1. The monoisotopic (exact) mass is 470 g/mol. The molecule has 0 radical (unpaired) electrons. The van der Waals surface area contributed by atoms with E-state index in [1.807, 2.05) is 13.8 Å². The lowest BCUT2D eigenvalue weighted by Gasteiger charge is -2.24. The molecule has 0 saturated carbocycles. The minimum Gasteiger partial charge on any atom is -0.426 e. The summed E-state index contributed by atoms with van der Waals surface area (Å²) in [6.07, 6.45) is 0.291. The summed E-state index contributed by atoms with van der Waals surface area (Å²) in [6.45, 7) is 3.73. The molecule has 2 aromatic rings. The van der Waals surface area contributed by atoms with Crippen molar-refractivity contribution < 1.29 is 24.7 Å². The van der Waals surface area contributed by atoms with E-state index < -0.39 is 52.9 Å². The molecule has 1 fully saturated rings. The Morgan fingerprint density at radius 1 is 1.06 bits per heavy atom. The number of amides is 1. The lowest BCUT2D eigenvalue weighted by Crippen LogP contribution is -2.53. The molecule has 1 unspecified atom stereocenters. The van der Waals surface area contributed by atoms with Gasteiger partial charge in [0.2, 0.25) is 11.9 Å². The Kier molecular flexibility index (Phi) is 7.97. The quantitative estimate of drug-likeness (QED) is 0.243. The summed E-state index contributed by atoms with van der Waals surface area (Å²) in [5.74, 6) is -2.49. The van der Waals surface area contributed by atoms with Crippen molar-refractivity contribution in [3.05, 3.63) is 86.0 Å². The molecule has 0 aliphatic carbocycles. The average Bonchev–Trinajstić information content (AvgIpc) is 3.20. The van der Waals surface area contributed by atoms with Crippen molar-refractivity contribution in [2.45, 2.75) is 50.3 Å². The van der Waals surface area contributed by atoms with Gasteiger partial charge in [-0.15, -0.1) is 0 Å². The fourth-order valence-corrected chi connectivity index (χ4v) is 4.49. The highest BCUT2D eigenvalue weighted by atomic mass is 16.6. The van der Waals surface area contributed by atoms with E-state index in [9.17, 15) is 35.1 Å². The van der Waals surface area contributed by atoms with E-state index >= 15 is 0 Å². The highest BCUT2D eigenvalue weighted by molar-refractivity contribution is 6.43. The molecule has 34 heavy (non-hydrogen) atoms. The number of hydrogen-bond donors (Lipinski definition) is 4. The molecule has 1 amide bonds. The molecule has 0 aromatic heterocycles. The molecule has 1 aliphatic heterocycles. The lowest BCUT2D eigenvalue weighted by atomic mass is 9.74. The molecule has 5 atom stereocenters. The van der Waals surface area contributed by atoms with Gasteiger partial charge in [0.1, 0.15) is 12.1 Å². The third kappa shape index (κ3) is 5.58. The fraction of sp³-hybridized carbons (Fsp3) is 0.409. The van der Waals surface area contributed by atoms with Crippen LogP contribution in [0.1, 0.15) is 43.4 Å². The maximum absolute atomic E-state index is 13.3. The highest BCUT2D eigenvalue weighted by Crippen LogP contribution is 2.40. The van der Waals surface area contributed by atoms with Crippen LogP contribution in [-0.4, -0.2) is 50.9 Å². The second-order valence-electron chi connectivity index (χ2n) is 8.84. The van der Waals surface area contributed by atoms with Crippen LogP contribution in [0.4, 0.5) is 5.69 Å². The maximum Gasteiger partial charge on any atom is 0.475 e. The van der Waals surface area contributed by atoms with Gasteiger partial charge >= 0.3 is 7.12 Å². The molecular formula is C22H27BN4O7. The number of non-ortho nitro benzene ring substituents is 1. The van der Waals surface area contributed by atoms with Gasteiger partial charge in [-0.2, -0.15) is 0 Å². The van der Waals surface area contributed by atoms with Crippen LogP contribution < -0.4 is 10.6 Å².